The maximum Gasteiger partial charge on any atom is 0.242 e. The number of carbonyl (C=O) groups excluding carboxylic acids is 2. The van der Waals surface area contributed by atoms with E-state index in [4.69, 9.17) is 10.5 Å². The van der Waals surface area contributed by atoms with E-state index < -0.39 is 11.9 Å². The largest absolute Gasteiger partial charge is 0.382 e. The van der Waals surface area contributed by atoms with Gasteiger partial charge in [-0.15, -0.1) is 0 Å². The first-order valence-electron chi connectivity index (χ1n) is 7.12. The van der Waals surface area contributed by atoms with Crippen LogP contribution in [-0.2, 0) is 27.3 Å². The zero-order valence-corrected chi connectivity index (χ0v) is 13.0. The second-order valence-corrected chi connectivity index (χ2v) is 5.09. The van der Waals surface area contributed by atoms with Crippen molar-refractivity contribution in [3.63, 3.8) is 0 Å². The van der Waals surface area contributed by atoms with E-state index in [9.17, 15) is 9.59 Å². The molecule has 2 amide bonds. The Kier molecular flexibility index (Phi) is 6.88. The second-order valence-electron chi connectivity index (χ2n) is 5.09. The predicted octanol–water partition coefficient (Wildman–Crippen LogP) is 1.49. The van der Waals surface area contributed by atoms with Crippen LogP contribution in [0, 0.1) is 0 Å². The number of methoxy groups -OCH3 is 1. The summed E-state index contributed by atoms with van der Waals surface area (Å²) in [6, 6.07) is 7.31. The van der Waals surface area contributed by atoms with Crippen molar-refractivity contribution in [2.75, 3.05) is 13.7 Å². The van der Waals surface area contributed by atoms with Gasteiger partial charge in [0.25, 0.3) is 0 Å². The van der Waals surface area contributed by atoms with Crippen LogP contribution in [0.1, 0.15) is 31.4 Å². The van der Waals surface area contributed by atoms with Gasteiger partial charge in [-0.3, -0.25) is 9.59 Å². The number of aryl methyl sites for hydroxylation is 1. The van der Waals surface area contributed by atoms with E-state index in [0.717, 1.165) is 18.4 Å². The van der Waals surface area contributed by atoms with Gasteiger partial charge in [0.2, 0.25) is 11.8 Å². The lowest BCUT2D eigenvalue weighted by molar-refractivity contribution is -0.140. The van der Waals surface area contributed by atoms with Crippen molar-refractivity contribution in [2.24, 2.45) is 5.73 Å². The summed E-state index contributed by atoms with van der Waals surface area (Å²) in [6.07, 6.45) is 2.13. The van der Waals surface area contributed by atoms with E-state index in [1.165, 1.54) is 24.5 Å². The van der Waals surface area contributed by atoms with Crippen LogP contribution in [-0.4, -0.2) is 36.5 Å². The molecule has 0 unspecified atom stereocenters. The summed E-state index contributed by atoms with van der Waals surface area (Å²) in [4.78, 5) is 24.8. The molecule has 5 nitrogen and oxygen atoms in total. The zero-order valence-electron chi connectivity index (χ0n) is 13.0. The molecule has 0 spiro atoms. The Morgan fingerprint density at radius 3 is 2.24 bits per heavy atom. The third-order valence-corrected chi connectivity index (χ3v) is 3.35. The summed E-state index contributed by atoms with van der Waals surface area (Å²) in [6.45, 7) is 4.01. The first-order chi connectivity index (χ1) is 9.99. The van der Waals surface area contributed by atoms with Gasteiger partial charge in [-0.05, 0) is 17.5 Å². The highest BCUT2D eigenvalue weighted by molar-refractivity contribution is 5.85. The molecule has 0 fully saturated rings. The topological polar surface area (TPSA) is 72.6 Å². The van der Waals surface area contributed by atoms with Gasteiger partial charge in [0.15, 0.2) is 0 Å². The quantitative estimate of drug-likeness (QED) is 0.789. The molecule has 0 aliphatic rings. The minimum Gasteiger partial charge on any atom is -0.382 e. The van der Waals surface area contributed by atoms with Crippen molar-refractivity contribution < 1.29 is 14.3 Å². The fourth-order valence-corrected chi connectivity index (χ4v) is 2.22. The molecule has 0 saturated carbocycles. The molecule has 5 heteroatoms. The number of amides is 2. The third kappa shape index (κ3) is 5.19. The van der Waals surface area contributed by atoms with Crippen LogP contribution in [0.3, 0.4) is 0 Å². The highest BCUT2D eigenvalue weighted by Gasteiger charge is 2.26. The van der Waals surface area contributed by atoms with Gasteiger partial charge in [0, 0.05) is 20.6 Å². The average molecular weight is 292 g/mol. The minimum atomic E-state index is -0.747. The molecule has 1 aromatic carbocycles. The fraction of sp³-hybridized carbons (Fsp3) is 0.500. The molecule has 0 aromatic heterocycles. The number of ether oxygens (including phenoxy) is 1. The molecule has 0 radical (unpaired) electrons. The molecular weight excluding hydrogens is 268 g/mol. The van der Waals surface area contributed by atoms with Gasteiger partial charge >= 0.3 is 0 Å². The Hall–Kier alpha value is -1.88. The standard InChI is InChI=1S/C16H24N2O3/c1-4-5-13-6-8-14(9-7-13)10-18(12(2)19)15(11-21-3)16(17)20/h6-9,15H,4-5,10-11H2,1-3H3,(H2,17,20)/t15-/m1/s1. The lowest BCUT2D eigenvalue weighted by Gasteiger charge is -2.28. The van der Waals surface area contributed by atoms with Gasteiger partial charge in [-0.1, -0.05) is 37.6 Å². The number of nitrogens with two attached hydrogens (primary N) is 1. The maximum atomic E-state index is 11.8. The van der Waals surface area contributed by atoms with E-state index in [1.807, 2.05) is 24.3 Å². The van der Waals surface area contributed by atoms with E-state index in [-0.39, 0.29) is 12.5 Å². The van der Waals surface area contributed by atoms with Crippen molar-refractivity contribution in [1.29, 1.82) is 0 Å². The van der Waals surface area contributed by atoms with Crippen molar-refractivity contribution >= 4 is 11.8 Å². The van der Waals surface area contributed by atoms with Crippen molar-refractivity contribution in [3.05, 3.63) is 35.4 Å². The Morgan fingerprint density at radius 2 is 1.81 bits per heavy atom. The lowest BCUT2D eigenvalue weighted by atomic mass is 10.1. The Labute approximate surface area is 126 Å². The van der Waals surface area contributed by atoms with Crippen LogP contribution in [0.25, 0.3) is 0 Å². The third-order valence-electron chi connectivity index (χ3n) is 3.35. The van der Waals surface area contributed by atoms with Gasteiger partial charge in [-0.25, -0.2) is 0 Å². The summed E-state index contributed by atoms with van der Waals surface area (Å²) in [7, 11) is 1.48. The monoisotopic (exact) mass is 292 g/mol. The van der Waals surface area contributed by atoms with Crippen LogP contribution in [0.4, 0.5) is 0 Å². The molecule has 1 aromatic rings. The Morgan fingerprint density at radius 1 is 1.24 bits per heavy atom. The molecular formula is C16H24N2O3. The van der Waals surface area contributed by atoms with E-state index in [1.54, 1.807) is 0 Å². The maximum absolute atomic E-state index is 11.8. The summed E-state index contributed by atoms with van der Waals surface area (Å²) in [5.41, 5.74) is 7.59. The van der Waals surface area contributed by atoms with Crippen molar-refractivity contribution in [2.45, 2.75) is 39.3 Å². The van der Waals surface area contributed by atoms with Crippen molar-refractivity contribution in [3.8, 4) is 0 Å². The molecule has 1 rings (SSSR count). The van der Waals surface area contributed by atoms with Gasteiger partial charge in [0.05, 0.1) is 6.61 Å². The normalized spacial score (nSPS) is 12.0. The molecule has 0 bridgehead atoms. The molecule has 0 saturated heterocycles. The number of carbonyl (C=O) groups is 2. The number of benzene rings is 1. The first kappa shape index (κ1) is 17.2. The molecule has 116 valence electrons. The Bertz CT molecular complexity index is 471. The molecule has 1 atom stereocenters. The predicted molar refractivity (Wildman–Crippen MR) is 81.5 cm³/mol. The van der Waals surface area contributed by atoms with Gasteiger partial charge in [0.1, 0.15) is 6.04 Å². The SMILES string of the molecule is CCCc1ccc(CN(C(C)=O)[C@H](COC)C(N)=O)cc1. The number of hydrogen-bond acceptors (Lipinski definition) is 3. The summed E-state index contributed by atoms with van der Waals surface area (Å²) >= 11 is 0. The van der Waals surface area contributed by atoms with E-state index >= 15 is 0 Å². The minimum absolute atomic E-state index is 0.100. The smallest absolute Gasteiger partial charge is 0.242 e. The summed E-state index contributed by atoms with van der Waals surface area (Å²) < 4.78 is 4.99. The average Bonchev–Trinajstić information content (AvgIpc) is 2.44. The number of nitrogens with zero attached hydrogens (tertiary/aromatic N) is 1. The van der Waals surface area contributed by atoms with Crippen molar-refractivity contribution in [1.82, 2.24) is 4.90 Å². The van der Waals surface area contributed by atoms with Crippen LogP contribution in [0.15, 0.2) is 24.3 Å². The molecule has 2 N–H and O–H groups in total. The van der Waals surface area contributed by atoms with E-state index in [0.29, 0.717) is 6.54 Å². The van der Waals surface area contributed by atoms with Crippen LogP contribution in [0.5, 0.6) is 0 Å². The summed E-state index contributed by atoms with van der Waals surface area (Å²) in [5.74, 6) is -0.761. The summed E-state index contributed by atoms with van der Waals surface area (Å²) in [5, 5.41) is 0. The fourth-order valence-electron chi connectivity index (χ4n) is 2.22. The molecule has 0 aliphatic heterocycles. The van der Waals surface area contributed by atoms with Gasteiger partial charge < -0.3 is 15.4 Å². The number of primary amides is 1. The molecule has 0 aliphatic carbocycles. The Balaban J connectivity index is 2.86. The van der Waals surface area contributed by atoms with Crippen LogP contribution < -0.4 is 5.73 Å². The lowest BCUT2D eigenvalue weighted by Crippen LogP contribution is -2.49. The number of rotatable bonds is 8. The zero-order chi connectivity index (χ0) is 15.8. The molecule has 0 heterocycles. The highest BCUT2D eigenvalue weighted by Crippen LogP contribution is 2.12. The van der Waals surface area contributed by atoms with Gasteiger partial charge in [-0.2, -0.15) is 0 Å². The van der Waals surface area contributed by atoms with Crippen LogP contribution in [0.2, 0.25) is 0 Å². The molecule has 21 heavy (non-hydrogen) atoms. The van der Waals surface area contributed by atoms with Crippen LogP contribution >= 0.6 is 0 Å². The van der Waals surface area contributed by atoms with E-state index in [2.05, 4.69) is 6.92 Å². The first-order valence-corrected chi connectivity index (χ1v) is 7.12. The highest BCUT2D eigenvalue weighted by atomic mass is 16.5. The second kappa shape index (κ2) is 8.42. The number of hydrogen-bond donors (Lipinski definition) is 1.